The highest BCUT2D eigenvalue weighted by atomic mass is 35.5. The monoisotopic (exact) mass is 358 g/mol. The number of hydrogen-bond donors (Lipinski definition) is 1. The fourth-order valence-corrected chi connectivity index (χ4v) is 3.66. The van der Waals surface area contributed by atoms with Gasteiger partial charge in [0.05, 0.1) is 0 Å². The van der Waals surface area contributed by atoms with E-state index in [4.69, 9.17) is 5.73 Å². The molecule has 1 atom stereocenters. The Morgan fingerprint density at radius 3 is 2.08 bits per heavy atom. The van der Waals surface area contributed by atoms with Gasteiger partial charge in [-0.1, -0.05) is 60.7 Å². The van der Waals surface area contributed by atoms with Crippen molar-refractivity contribution in [2.24, 2.45) is 5.73 Å². The fourth-order valence-electron chi connectivity index (χ4n) is 3.66. The molecule has 2 aromatic rings. The molecular weight excluding hydrogens is 332 g/mol. The highest BCUT2D eigenvalue weighted by Gasteiger charge is 2.28. The van der Waals surface area contributed by atoms with Gasteiger partial charge in [0.1, 0.15) is 0 Å². The third-order valence-corrected chi connectivity index (χ3v) is 5.00. The van der Waals surface area contributed by atoms with Gasteiger partial charge >= 0.3 is 0 Å². The number of carbonyl (C=O) groups is 1. The molecule has 0 radical (unpaired) electrons. The predicted molar refractivity (Wildman–Crippen MR) is 105 cm³/mol. The van der Waals surface area contributed by atoms with E-state index in [9.17, 15) is 4.79 Å². The molecule has 1 amide bonds. The van der Waals surface area contributed by atoms with Gasteiger partial charge in [-0.15, -0.1) is 12.4 Å². The van der Waals surface area contributed by atoms with Gasteiger partial charge in [0.25, 0.3) is 0 Å². The van der Waals surface area contributed by atoms with Crippen molar-refractivity contribution in [3.8, 4) is 0 Å². The Balaban J connectivity index is 0.00000225. The number of nitrogens with two attached hydrogens (primary N) is 1. The summed E-state index contributed by atoms with van der Waals surface area (Å²) in [4.78, 5) is 15.0. The van der Waals surface area contributed by atoms with Gasteiger partial charge in [-0.2, -0.15) is 0 Å². The number of halogens is 1. The number of nitrogens with zero attached hydrogens (tertiary/aromatic N) is 1. The Hall–Kier alpha value is -1.84. The van der Waals surface area contributed by atoms with E-state index >= 15 is 0 Å². The maximum Gasteiger partial charge on any atom is 0.223 e. The lowest BCUT2D eigenvalue weighted by atomic mass is 9.87. The van der Waals surface area contributed by atoms with E-state index in [1.54, 1.807) is 0 Å². The molecule has 0 saturated carbocycles. The van der Waals surface area contributed by atoms with E-state index in [0.29, 0.717) is 13.0 Å². The van der Waals surface area contributed by atoms with Crippen LogP contribution in [0.1, 0.15) is 42.7 Å². The second-order valence-electron chi connectivity index (χ2n) is 6.55. The van der Waals surface area contributed by atoms with Crippen LogP contribution < -0.4 is 5.73 Å². The molecule has 3 nitrogen and oxygen atoms in total. The molecule has 1 fully saturated rings. The minimum absolute atomic E-state index is 0. The maximum atomic E-state index is 13.0. The zero-order valence-corrected chi connectivity index (χ0v) is 15.3. The van der Waals surface area contributed by atoms with Crippen LogP contribution in [0.15, 0.2) is 60.7 Å². The number of carbonyl (C=O) groups excluding carboxylic acids is 1. The first kappa shape index (κ1) is 19.5. The van der Waals surface area contributed by atoms with Crippen LogP contribution in [0.2, 0.25) is 0 Å². The lowest BCUT2D eigenvalue weighted by Gasteiger charge is -2.36. The van der Waals surface area contributed by atoms with Gasteiger partial charge in [0.2, 0.25) is 5.91 Å². The van der Waals surface area contributed by atoms with E-state index in [1.165, 1.54) is 17.5 Å². The number of likely N-dealkylation sites (tertiary alicyclic amines) is 1. The lowest BCUT2D eigenvalue weighted by Crippen LogP contribution is -2.47. The Labute approximate surface area is 156 Å². The summed E-state index contributed by atoms with van der Waals surface area (Å²) in [6.45, 7) is 1.41. The van der Waals surface area contributed by atoms with Crippen LogP contribution >= 0.6 is 12.4 Å². The van der Waals surface area contributed by atoms with Crippen LogP contribution in [0.25, 0.3) is 0 Å². The third kappa shape index (κ3) is 4.83. The molecule has 0 bridgehead atoms. The van der Waals surface area contributed by atoms with Gasteiger partial charge in [0, 0.05) is 31.5 Å². The molecule has 3 rings (SSSR count). The standard InChI is InChI=1S/C21H26N2O.ClH/c22-16-19-13-7-8-14-23(19)21(24)15-20(17-9-3-1-4-10-17)18-11-5-2-6-12-18;/h1-6,9-12,19-20H,7-8,13-16,22H2;1H. The van der Waals surface area contributed by atoms with Crippen LogP contribution in [-0.2, 0) is 4.79 Å². The molecule has 0 spiro atoms. The molecule has 25 heavy (non-hydrogen) atoms. The summed E-state index contributed by atoms with van der Waals surface area (Å²) in [6, 6.07) is 20.9. The number of rotatable bonds is 5. The molecule has 134 valence electrons. The average molecular weight is 359 g/mol. The summed E-state index contributed by atoms with van der Waals surface area (Å²) < 4.78 is 0. The van der Waals surface area contributed by atoms with Gasteiger partial charge < -0.3 is 10.6 Å². The molecule has 1 unspecified atom stereocenters. The van der Waals surface area contributed by atoms with Crippen molar-refractivity contribution in [1.29, 1.82) is 0 Å². The topological polar surface area (TPSA) is 46.3 Å². The number of benzene rings is 2. The first-order chi connectivity index (χ1) is 11.8. The van der Waals surface area contributed by atoms with Crippen LogP contribution in [-0.4, -0.2) is 29.9 Å². The average Bonchev–Trinajstić information content (AvgIpc) is 2.67. The van der Waals surface area contributed by atoms with Gasteiger partial charge in [-0.25, -0.2) is 0 Å². The molecule has 0 aromatic heterocycles. The Kier molecular flexibility index (Phi) is 7.48. The lowest BCUT2D eigenvalue weighted by molar-refractivity contribution is -0.134. The van der Waals surface area contributed by atoms with Crippen LogP contribution in [0, 0.1) is 0 Å². The van der Waals surface area contributed by atoms with E-state index in [2.05, 4.69) is 24.3 Å². The fraction of sp³-hybridized carbons (Fsp3) is 0.381. The predicted octanol–water partition coefficient (Wildman–Crippen LogP) is 3.97. The van der Waals surface area contributed by atoms with Crippen LogP contribution in [0.4, 0.5) is 0 Å². The summed E-state index contributed by atoms with van der Waals surface area (Å²) >= 11 is 0. The molecule has 2 N–H and O–H groups in total. The van der Waals surface area contributed by atoms with E-state index in [1.807, 2.05) is 41.3 Å². The minimum Gasteiger partial charge on any atom is -0.338 e. The summed E-state index contributed by atoms with van der Waals surface area (Å²) in [6.07, 6.45) is 3.80. The van der Waals surface area contributed by atoms with E-state index in [-0.39, 0.29) is 30.3 Å². The van der Waals surface area contributed by atoms with Crippen molar-refractivity contribution in [3.63, 3.8) is 0 Å². The molecule has 0 aliphatic carbocycles. The number of amides is 1. The zero-order chi connectivity index (χ0) is 16.8. The summed E-state index contributed by atoms with van der Waals surface area (Å²) in [5.41, 5.74) is 8.28. The van der Waals surface area contributed by atoms with Gasteiger partial charge in [0.15, 0.2) is 0 Å². The van der Waals surface area contributed by atoms with Crippen molar-refractivity contribution in [3.05, 3.63) is 71.8 Å². The molecule has 1 aliphatic rings. The van der Waals surface area contributed by atoms with Gasteiger partial charge in [-0.05, 0) is 30.4 Å². The molecule has 1 aliphatic heterocycles. The second kappa shape index (κ2) is 9.59. The van der Waals surface area contributed by atoms with Gasteiger partial charge in [-0.3, -0.25) is 4.79 Å². The molecule has 4 heteroatoms. The van der Waals surface area contributed by atoms with Crippen LogP contribution in [0.3, 0.4) is 0 Å². The minimum atomic E-state index is 0. The second-order valence-corrected chi connectivity index (χ2v) is 6.55. The SMILES string of the molecule is Cl.NCC1CCCCN1C(=O)CC(c1ccccc1)c1ccccc1. The summed E-state index contributed by atoms with van der Waals surface area (Å²) in [5, 5.41) is 0. The van der Waals surface area contributed by atoms with Crippen molar-refractivity contribution < 1.29 is 4.79 Å². The molecule has 1 heterocycles. The van der Waals surface area contributed by atoms with Crippen molar-refractivity contribution in [1.82, 2.24) is 4.90 Å². The van der Waals surface area contributed by atoms with Crippen molar-refractivity contribution >= 4 is 18.3 Å². The van der Waals surface area contributed by atoms with Crippen molar-refractivity contribution in [2.45, 2.75) is 37.6 Å². The quantitative estimate of drug-likeness (QED) is 0.879. The first-order valence-corrected chi connectivity index (χ1v) is 8.89. The highest BCUT2D eigenvalue weighted by molar-refractivity contribution is 5.85. The zero-order valence-electron chi connectivity index (χ0n) is 14.5. The Bertz CT molecular complexity index is 608. The van der Waals surface area contributed by atoms with Crippen molar-refractivity contribution in [2.75, 3.05) is 13.1 Å². The first-order valence-electron chi connectivity index (χ1n) is 8.89. The third-order valence-electron chi connectivity index (χ3n) is 5.00. The van der Waals surface area contributed by atoms with E-state index < -0.39 is 0 Å². The Morgan fingerprint density at radius 1 is 1.00 bits per heavy atom. The largest absolute Gasteiger partial charge is 0.338 e. The Morgan fingerprint density at radius 2 is 1.56 bits per heavy atom. The van der Waals surface area contributed by atoms with Crippen LogP contribution in [0.5, 0.6) is 0 Å². The normalized spacial score (nSPS) is 17.2. The maximum absolute atomic E-state index is 13.0. The summed E-state index contributed by atoms with van der Waals surface area (Å²) in [5.74, 6) is 0.322. The smallest absolute Gasteiger partial charge is 0.223 e. The number of hydrogen-bond acceptors (Lipinski definition) is 2. The molecule has 1 saturated heterocycles. The summed E-state index contributed by atoms with van der Waals surface area (Å²) in [7, 11) is 0. The highest BCUT2D eigenvalue weighted by Crippen LogP contribution is 2.29. The molecule has 2 aromatic carbocycles. The number of piperidine rings is 1. The van der Waals surface area contributed by atoms with E-state index in [0.717, 1.165) is 19.4 Å². The molecular formula is C21H27ClN2O.